The Kier molecular flexibility index (Phi) is 7.63. The Bertz CT molecular complexity index is 612. The summed E-state index contributed by atoms with van der Waals surface area (Å²) in [5.41, 5.74) is 2.35. The van der Waals surface area contributed by atoms with Gasteiger partial charge >= 0.3 is 0 Å². The molecular formula is C19H25N3O2. The van der Waals surface area contributed by atoms with Crippen LogP contribution >= 0.6 is 0 Å². The molecule has 2 N–H and O–H groups in total. The summed E-state index contributed by atoms with van der Waals surface area (Å²) in [7, 11) is 3.42. The van der Waals surface area contributed by atoms with E-state index in [1.807, 2.05) is 42.5 Å². The summed E-state index contributed by atoms with van der Waals surface area (Å²) in [6, 6.07) is 18.1. The lowest BCUT2D eigenvalue weighted by atomic mass is 10.2. The molecule has 2 aromatic rings. The molecule has 0 bridgehead atoms. The van der Waals surface area contributed by atoms with Crippen LogP contribution in [0.1, 0.15) is 11.1 Å². The fourth-order valence-corrected chi connectivity index (χ4v) is 2.16. The van der Waals surface area contributed by atoms with Crippen molar-refractivity contribution in [2.75, 3.05) is 27.3 Å². The highest BCUT2D eigenvalue weighted by atomic mass is 16.5. The minimum atomic E-state index is 0.623. The summed E-state index contributed by atoms with van der Waals surface area (Å²) in [6.45, 7) is 2.65. The molecule has 5 heteroatoms. The Morgan fingerprint density at radius 3 is 2.38 bits per heavy atom. The molecule has 0 unspecified atom stereocenters. The first-order valence-electron chi connectivity index (χ1n) is 8.01. The molecule has 0 atom stereocenters. The highest BCUT2D eigenvalue weighted by molar-refractivity contribution is 5.79. The van der Waals surface area contributed by atoms with Gasteiger partial charge in [-0.05, 0) is 23.3 Å². The molecule has 24 heavy (non-hydrogen) atoms. The average Bonchev–Trinajstić information content (AvgIpc) is 2.65. The average molecular weight is 327 g/mol. The number of ether oxygens (including phenoxy) is 2. The molecule has 0 radical (unpaired) electrons. The maximum absolute atomic E-state index is 5.64. The zero-order valence-electron chi connectivity index (χ0n) is 14.3. The molecule has 0 amide bonds. The maximum Gasteiger partial charge on any atom is 0.191 e. The van der Waals surface area contributed by atoms with Gasteiger partial charge in [-0.2, -0.15) is 0 Å². The second kappa shape index (κ2) is 10.3. The lowest BCUT2D eigenvalue weighted by molar-refractivity contribution is 0.125. The Morgan fingerprint density at radius 2 is 1.71 bits per heavy atom. The number of rotatable bonds is 8. The van der Waals surface area contributed by atoms with Gasteiger partial charge in [-0.3, -0.25) is 4.99 Å². The molecule has 2 rings (SSSR count). The third-order valence-electron chi connectivity index (χ3n) is 3.49. The van der Waals surface area contributed by atoms with Crippen molar-refractivity contribution in [3.8, 4) is 5.75 Å². The number of hydrogen-bond donors (Lipinski definition) is 2. The topological polar surface area (TPSA) is 54.9 Å². The van der Waals surface area contributed by atoms with E-state index in [9.17, 15) is 0 Å². The van der Waals surface area contributed by atoms with Crippen LogP contribution in [0.3, 0.4) is 0 Å². The third-order valence-corrected chi connectivity index (χ3v) is 3.49. The maximum atomic E-state index is 5.64. The van der Waals surface area contributed by atoms with Crippen LogP contribution in [0.2, 0.25) is 0 Å². The molecule has 0 saturated heterocycles. The zero-order chi connectivity index (χ0) is 17.0. The summed E-state index contributed by atoms with van der Waals surface area (Å²) >= 11 is 0. The summed E-state index contributed by atoms with van der Waals surface area (Å²) in [4.78, 5) is 4.21. The van der Waals surface area contributed by atoms with Gasteiger partial charge in [-0.25, -0.2) is 0 Å². The van der Waals surface area contributed by atoms with Crippen LogP contribution in [0.15, 0.2) is 59.6 Å². The van der Waals surface area contributed by atoms with Gasteiger partial charge in [0.25, 0.3) is 0 Å². The van der Waals surface area contributed by atoms with Gasteiger partial charge in [0.15, 0.2) is 5.96 Å². The van der Waals surface area contributed by atoms with Crippen LogP contribution in [0, 0.1) is 0 Å². The molecule has 0 saturated carbocycles. The Labute approximate surface area is 143 Å². The van der Waals surface area contributed by atoms with E-state index in [2.05, 4.69) is 27.8 Å². The van der Waals surface area contributed by atoms with E-state index < -0.39 is 0 Å². The molecule has 0 heterocycles. The van der Waals surface area contributed by atoms with E-state index in [-0.39, 0.29) is 0 Å². The fourth-order valence-electron chi connectivity index (χ4n) is 2.16. The molecule has 0 spiro atoms. The van der Waals surface area contributed by atoms with Crippen LogP contribution in [-0.2, 0) is 17.9 Å². The van der Waals surface area contributed by atoms with Gasteiger partial charge in [-0.15, -0.1) is 0 Å². The number of guanidine groups is 1. The van der Waals surface area contributed by atoms with Crippen molar-refractivity contribution in [3.05, 3.63) is 65.7 Å². The molecule has 0 aliphatic heterocycles. The van der Waals surface area contributed by atoms with E-state index in [1.54, 1.807) is 14.2 Å². The van der Waals surface area contributed by atoms with Crippen LogP contribution in [0.25, 0.3) is 0 Å². The van der Waals surface area contributed by atoms with Crippen LogP contribution < -0.4 is 15.4 Å². The monoisotopic (exact) mass is 327 g/mol. The Morgan fingerprint density at radius 1 is 0.958 bits per heavy atom. The van der Waals surface area contributed by atoms with E-state index in [0.29, 0.717) is 26.3 Å². The van der Waals surface area contributed by atoms with Gasteiger partial charge in [0.2, 0.25) is 0 Å². The minimum Gasteiger partial charge on any atom is -0.497 e. The SMILES string of the molecule is CN=C(NCCOCc1ccccc1)NCc1ccc(OC)cc1. The molecular weight excluding hydrogens is 302 g/mol. The molecule has 0 aliphatic rings. The van der Waals surface area contributed by atoms with Crippen molar-refractivity contribution in [1.82, 2.24) is 10.6 Å². The van der Waals surface area contributed by atoms with Gasteiger partial charge in [0.1, 0.15) is 5.75 Å². The van der Waals surface area contributed by atoms with Crippen LogP contribution in [0.5, 0.6) is 5.75 Å². The molecule has 0 fully saturated rings. The van der Waals surface area contributed by atoms with Gasteiger partial charge < -0.3 is 20.1 Å². The first-order valence-corrected chi connectivity index (χ1v) is 8.01. The van der Waals surface area contributed by atoms with Gasteiger partial charge in [0.05, 0.1) is 20.3 Å². The van der Waals surface area contributed by atoms with Gasteiger partial charge in [0, 0.05) is 20.1 Å². The minimum absolute atomic E-state index is 0.623. The predicted molar refractivity (Wildman–Crippen MR) is 97.3 cm³/mol. The second-order valence-corrected chi connectivity index (χ2v) is 5.24. The summed E-state index contributed by atoms with van der Waals surface area (Å²) in [5.74, 6) is 1.62. The van der Waals surface area contributed by atoms with Crippen molar-refractivity contribution in [1.29, 1.82) is 0 Å². The standard InChI is InChI=1S/C19H25N3O2/c1-20-19(22-14-16-8-10-18(23-2)11-9-16)21-12-13-24-15-17-6-4-3-5-7-17/h3-11H,12-15H2,1-2H3,(H2,20,21,22). The van der Waals surface area contributed by atoms with Crippen molar-refractivity contribution >= 4 is 5.96 Å². The molecule has 0 aromatic heterocycles. The van der Waals surface area contributed by atoms with Crippen molar-refractivity contribution in [2.45, 2.75) is 13.2 Å². The quantitative estimate of drug-likeness (QED) is 0.444. The summed E-state index contributed by atoms with van der Waals surface area (Å²) in [6.07, 6.45) is 0. The van der Waals surface area contributed by atoms with Crippen LogP contribution in [0.4, 0.5) is 0 Å². The number of nitrogens with one attached hydrogen (secondary N) is 2. The van der Waals surface area contributed by atoms with E-state index in [4.69, 9.17) is 9.47 Å². The van der Waals surface area contributed by atoms with Crippen molar-refractivity contribution < 1.29 is 9.47 Å². The fraction of sp³-hybridized carbons (Fsp3) is 0.316. The van der Waals surface area contributed by atoms with Crippen molar-refractivity contribution in [2.24, 2.45) is 4.99 Å². The normalized spacial score (nSPS) is 11.2. The largest absolute Gasteiger partial charge is 0.497 e. The first kappa shape index (κ1) is 17.8. The Balaban J connectivity index is 1.63. The summed E-state index contributed by atoms with van der Waals surface area (Å²) < 4.78 is 10.8. The van der Waals surface area contributed by atoms with E-state index in [0.717, 1.165) is 11.7 Å². The molecule has 0 aliphatic carbocycles. The predicted octanol–water partition coefficient (Wildman–Crippen LogP) is 2.58. The first-order chi connectivity index (χ1) is 11.8. The number of aliphatic imine (C=N–C) groups is 1. The highest BCUT2D eigenvalue weighted by Gasteiger charge is 1.99. The van der Waals surface area contributed by atoms with Gasteiger partial charge in [-0.1, -0.05) is 42.5 Å². The molecule has 2 aromatic carbocycles. The Hall–Kier alpha value is -2.53. The smallest absolute Gasteiger partial charge is 0.191 e. The molecule has 128 valence electrons. The number of benzene rings is 2. The van der Waals surface area contributed by atoms with E-state index in [1.165, 1.54) is 11.1 Å². The lowest BCUT2D eigenvalue weighted by Crippen LogP contribution is -2.38. The van der Waals surface area contributed by atoms with E-state index >= 15 is 0 Å². The molecule has 5 nitrogen and oxygen atoms in total. The summed E-state index contributed by atoms with van der Waals surface area (Å²) in [5, 5.41) is 6.51. The second-order valence-electron chi connectivity index (χ2n) is 5.24. The van der Waals surface area contributed by atoms with Crippen LogP contribution in [-0.4, -0.2) is 33.3 Å². The third kappa shape index (κ3) is 6.30. The number of methoxy groups -OCH3 is 1. The number of nitrogens with zero attached hydrogens (tertiary/aromatic N) is 1. The highest BCUT2D eigenvalue weighted by Crippen LogP contribution is 2.10. The zero-order valence-corrected chi connectivity index (χ0v) is 14.3. The number of hydrogen-bond acceptors (Lipinski definition) is 3. The van der Waals surface area contributed by atoms with Crippen molar-refractivity contribution in [3.63, 3.8) is 0 Å². The lowest BCUT2D eigenvalue weighted by Gasteiger charge is -2.12.